The molecule has 0 aromatic heterocycles. The average molecular weight is 184 g/mol. The van der Waals surface area contributed by atoms with Gasteiger partial charge >= 0.3 is 0 Å². The first-order valence-electron chi connectivity index (χ1n) is 5.55. The third kappa shape index (κ3) is 3.47. The Morgan fingerprint density at radius 3 is 2.38 bits per heavy atom. The Kier molecular flexibility index (Phi) is 4.43. The van der Waals surface area contributed by atoms with E-state index < -0.39 is 0 Å². The minimum Gasteiger partial charge on any atom is -0.272 e. The largest absolute Gasteiger partial charge is 0.300 e. The monoisotopic (exact) mass is 184 g/mol. The van der Waals surface area contributed by atoms with Crippen molar-refractivity contribution in [3.63, 3.8) is 0 Å². The van der Waals surface area contributed by atoms with E-state index in [1.165, 1.54) is 37.0 Å². The molecule has 1 amide bonds. The third-order valence-electron chi connectivity index (χ3n) is 2.92. The topological polar surface area (TPSA) is 21.5 Å². The van der Waals surface area contributed by atoms with Crippen molar-refractivity contribution in [3.8, 4) is 0 Å². The normalized spacial score (nSPS) is 21.8. The van der Waals surface area contributed by atoms with Gasteiger partial charge in [0.15, 0.2) is 0 Å². The molecular weight excluding hydrogens is 162 g/mol. The summed E-state index contributed by atoms with van der Waals surface area (Å²) < 4.78 is 0. The van der Waals surface area contributed by atoms with Crippen LogP contribution in [0.25, 0.3) is 0 Å². The highest BCUT2D eigenvalue weighted by atomic mass is 16.1. The SMILES string of the molecule is CC(C)C[NH+](C=O)C1CCCCC1. The lowest BCUT2D eigenvalue weighted by atomic mass is 9.94. The maximum absolute atomic E-state index is 10.9. The molecule has 1 rings (SSSR count). The molecule has 1 N–H and O–H groups in total. The van der Waals surface area contributed by atoms with Gasteiger partial charge in [0.1, 0.15) is 0 Å². The number of carbonyl (C=O) groups excluding carboxylic acids is 1. The van der Waals surface area contributed by atoms with Crippen LogP contribution in [0.1, 0.15) is 46.0 Å². The van der Waals surface area contributed by atoms with Crippen molar-refractivity contribution in [2.24, 2.45) is 5.92 Å². The molecule has 1 atom stereocenters. The fourth-order valence-corrected chi connectivity index (χ4v) is 2.26. The molecule has 0 bridgehead atoms. The zero-order valence-electron chi connectivity index (χ0n) is 8.88. The summed E-state index contributed by atoms with van der Waals surface area (Å²) in [6.45, 7) is 5.38. The molecule has 1 saturated carbocycles. The summed E-state index contributed by atoms with van der Waals surface area (Å²) in [4.78, 5) is 12.1. The Morgan fingerprint density at radius 2 is 1.92 bits per heavy atom. The summed E-state index contributed by atoms with van der Waals surface area (Å²) in [5, 5.41) is 0. The van der Waals surface area contributed by atoms with Crippen molar-refractivity contribution in [2.75, 3.05) is 6.54 Å². The van der Waals surface area contributed by atoms with Crippen LogP contribution in [0.15, 0.2) is 0 Å². The molecule has 1 aliphatic rings. The van der Waals surface area contributed by atoms with E-state index in [0.717, 1.165) is 13.0 Å². The number of rotatable bonds is 4. The van der Waals surface area contributed by atoms with E-state index in [1.54, 1.807) is 0 Å². The van der Waals surface area contributed by atoms with Crippen LogP contribution in [0.3, 0.4) is 0 Å². The first kappa shape index (κ1) is 10.7. The molecule has 2 nitrogen and oxygen atoms in total. The van der Waals surface area contributed by atoms with Crippen molar-refractivity contribution in [2.45, 2.75) is 52.0 Å². The Hall–Kier alpha value is -0.370. The Bertz CT molecular complexity index is 150. The van der Waals surface area contributed by atoms with Crippen LogP contribution in [0, 0.1) is 5.92 Å². The zero-order valence-corrected chi connectivity index (χ0v) is 8.88. The minimum absolute atomic E-state index is 0.619. The molecule has 0 aliphatic heterocycles. The number of carbonyl (C=O) groups is 1. The summed E-state index contributed by atoms with van der Waals surface area (Å²) in [6.07, 6.45) is 7.63. The predicted molar refractivity (Wildman–Crippen MR) is 53.6 cm³/mol. The van der Waals surface area contributed by atoms with Gasteiger partial charge < -0.3 is 0 Å². The van der Waals surface area contributed by atoms with E-state index in [1.807, 2.05) is 0 Å². The Labute approximate surface area is 81.3 Å². The molecule has 2 heteroatoms. The summed E-state index contributed by atoms with van der Waals surface area (Å²) in [6, 6.07) is 0.619. The summed E-state index contributed by atoms with van der Waals surface area (Å²) in [5.41, 5.74) is 0. The van der Waals surface area contributed by atoms with Crippen molar-refractivity contribution >= 4 is 6.41 Å². The van der Waals surface area contributed by atoms with Gasteiger partial charge in [0.25, 0.3) is 6.41 Å². The van der Waals surface area contributed by atoms with E-state index in [2.05, 4.69) is 13.8 Å². The van der Waals surface area contributed by atoms with Gasteiger partial charge in [-0.2, -0.15) is 0 Å². The van der Waals surface area contributed by atoms with E-state index >= 15 is 0 Å². The van der Waals surface area contributed by atoms with Crippen LogP contribution in [0.2, 0.25) is 0 Å². The molecule has 0 heterocycles. The standard InChI is InChI=1S/C11H21NO/c1-10(2)8-12(9-13)11-6-4-3-5-7-11/h9-11H,3-8H2,1-2H3/p+1. The molecule has 13 heavy (non-hydrogen) atoms. The van der Waals surface area contributed by atoms with Crippen LogP contribution < -0.4 is 4.90 Å². The quantitative estimate of drug-likeness (QED) is 0.647. The second kappa shape index (κ2) is 5.38. The smallest absolute Gasteiger partial charge is 0.272 e. The van der Waals surface area contributed by atoms with Gasteiger partial charge in [-0.25, -0.2) is 4.79 Å². The van der Waals surface area contributed by atoms with Crippen LogP contribution >= 0.6 is 0 Å². The predicted octanol–water partition coefficient (Wildman–Crippen LogP) is 1.02. The summed E-state index contributed by atoms with van der Waals surface area (Å²) >= 11 is 0. The second-order valence-electron chi connectivity index (χ2n) is 4.63. The molecule has 0 aromatic carbocycles. The number of quaternary nitrogens is 1. The van der Waals surface area contributed by atoms with Gasteiger partial charge in [-0.3, -0.25) is 4.90 Å². The molecule has 1 aliphatic carbocycles. The van der Waals surface area contributed by atoms with E-state index in [-0.39, 0.29) is 0 Å². The Morgan fingerprint density at radius 1 is 1.31 bits per heavy atom. The lowest BCUT2D eigenvalue weighted by Gasteiger charge is -2.27. The maximum atomic E-state index is 10.9. The van der Waals surface area contributed by atoms with Crippen molar-refractivity contribution in [1.29, 1.82) is 0 Å². The van der Waals surface area contributed by atoms with Crippen molar-refractivity contribution < 1.29 is 9.69 Å². The van der Waals surface area contributed by atoms with E-state index in [0.29, 0.717) is 12.0 Å². The second-order valence-corrected chi connectivity index (χ2v) is 4.63. The zero-order chi connectivity index (χ0) is 9.68. The molecule has 0 aromatic rings. The highest BCUT2D eigenvalue weighted by Crippen LogP contribution is 2.15. The summed E-state index contributed by atoms with van der Waals surface area (Å²) in [5.74, 6) is 0.627. The third-order valence-corrected chi connectivity index (χ3v) is 2.92. The molecule has 0 spiro atoms. The minimum atomic E-state index is 0.619. The molecule has 76 valence electrons. The van der Waals surface area contributed by atoms with Crippen LogP contribution in [-0.4, -0.2) is 19.0 Å². The van der Waals surface area contributed by atoms with Crippen LogP contribution in [-0.2, 0) is 4.79 Å². The fraction of sp³-hybridized carbons (Fsp3) is 0.909. The lowest BCUT2D eigenvalue weighted by Crippen LogP contribution is -3.15. The van der Waals surface area contributed by atoms with Gasteiger partial charge in [0.2, 0.25) is 0 Å². The molecule has 0 saturated heterocycles. The highest BCUT2D eigenvalue weighted by Gasteiger charge is 2.24. The van der Waals surface area contributed by atoms with Gasteiger partial charge in [-0.05, 0) is 25.7 Å². The number of amides is 1. The maximum Gasteiger partial charge on any atom is 0.300 e. The van der Waals surface area contributed by atoms with Gasteiger partial charge in [-0.1, -0.05) is 20.3 Å². The first-order valence-corrected chi connectivity index (χ1v) is 5.55. The Balaban J connectivity index is 2.39. The molecule has 1 unspecified atom stereocenters. The van der Waals surface area contributed by atoms with Gasteiger partial charge in [-0.15, -0.1) is 0 Å². The van der Waals surface area contributed by atoms with E-state index in [9.17, 15) is 4.79 Å². The van der Waals surface area contributed by atoms with Gasteiger partial charge in [0, 0.05) is 5.92 Å². The van der Waals surface area contributed by atoms with E-state index in [4.69, 9.17) is 0 Å². The number of hydrogen-bond acceptors (Lipinski definition) is 1. The highest BCUT2D eigenvalue weighted by molar-refractivity contribution is 5.34. The summed E-state index contributed by atoms with van der Waals surface area (Å²) in [7, 11) is 0. The lowest BCUT2D eigenvalue weighted by molar-refractivity contribution is -0.844. The van der Waals surface area contributed by atoms with Crippen molar-refractivity contribution in [1.82, 2.24) is 0 Å². The average Bonchev–Trinajstić information content (AvgIpc) is 2.15. The number of hydrogen-bond donors (Lipinski definition) is 1. The van der Waals surface area contributed by atoms with Crippen molar-refractivity contribution in [3.05, 3.63) is 0 Å². The molecular formula is C11H22NO+. The van der Waals surface area contributed by atoms with Crippen LogP contribution in [0.5, 0.6) is 0 Å². The van der Waals surface area contributed by atoms with Gasteiger partial charge in [0.05, 0.1) is 12.6 Å². The molecule has 1 fully saturated rings. The molecule has 0 radical (unpaired) electrons. The van der Waals surface area contributed by atoms with Crippen LogP contribution in [0.4, 0.5) is 0 Å². The first-order chi connectivity index (χ1) is 6.24. The fourth-order valence-electron chi connectivity index (χ4n) is 2.26. The number of nitrogens with one attached hydrogen (secondary N) is 1.